The molecule has 1 aliphatic heterocycles. The molecule has 1 saturated heterocycles. The summed E-state index contributed by atoms with van der Waals surface area (Å²) in [5, 5.41) is 11.0. The van der Waals surface area contributed by atoms with E-state index in [9.17, 15) is 23.3 Å². The summed E-state index contributed by atoms with van der Waals surface area (Å²) in [5.41, 5.74) is -0.202. The zero-order valence-electron chi connectivity index (χ0n) is 12.6. The van der Waals surface area contributed by atoms with Crippen molar-refractivity contribution in [2.75, 3.05) is 18.1 Å². The quantitative estimate of drug-likeness (QED) is 0.592. The molecule has 1 aliphatic rings. The summed E-state index contributed by atoms with van der Waals surface area (Å²) in [4.78, 5) is 24.5. The molecule has 0 bridgehead atoms. The number of halogens is 1. The van der Waals surface area contributed by atoms with E-state index in [4.69, 9.17) is 11.6 Å². The van der Waals surface area contributed by atoms with Crippen LogP contribution in [0.3, 0.4) is 0 Å². The molecule has 0 spiro atoms. The Morgan fingerprint density at radius 3 is 2.70 bits per heavy atom. The number of non-ortho nitro benzene ring substituents is 1. The van der Waals surface area contributed by atoms with Crippen LogP contribution >= 0.6 is 11.6 Å². The molecule has 0 aromatic heterocycles. The van der Waals surface area contributed by atoms with Crippen molar-refractivity contribution in [3.05, 3.63) is 38.9 Å². The first kappa shape index (κ1) is 17.7. The number of hydrogen-bond donors (Lipinski definition) is 0. The fraction of sp³-hybridized carbons (Fsp3) is 0.500. The number of carbonyl (C=O) groups is 1. The van der Waals surface area contributed by atoms with Crippen LogP contribution < -0.4 is 0 Å². The lowest BCUT2D eigenvalue weighted by atomic mass is 10.1. The molecule has 1 unspecified atom stereocenters. The van der Waals surface area contributed by atoms with Gasteiger partial charge in [-0.3, -0.25) is 14.9 Å². The second-order valence-corrected chi connectivity index (χ2v) is 8.11. The molecule has 9 heteroatoms. The highest BCUT2D eigenvalue weighted by atomic mass is 35.5. The lowest BCUT2D eigenvalue weighted by molar-refractivity contribution is -0.384. The Balaban J connectivity index is 2.35. The summed E-state index contributed by atoms with van der Waals surface area (Å²) in [7, 11) is -3.14. The highest BCUT2D eigenvalue weighted by Gasteiger charge is 2.35. The van der Waals surface area contributed by atoms with E-state index >= 15 is 0 Å². The summed E-state index contributed by atoms with van der Waals surface area (Å²) in [5.74, 6) is -0.498. The van der Waals surface area contributed by atoms with E-state index in [1.54, 1.807) is 0 Å². The Labute approximate surface area is 139 Å². The van der Waals surface area contributed by atoms with Crippen molar-refractivity contribution < 1.29 is 18.1 Å². The predicted octanol–water partition coefficient (Wildman–Crippen LogP) is 2.29. The average Bonchev–Trinajstić information content (AvgIpc) is 2.84. The van der Waals surface area contributed by atoms with Gasteiger partial charge in [0.2, 0.25) is 0 Å². The van der Waals surface area contributed by atoms with E-state index in [0.29, 0.717) is 19.4 Å². The van der Waals surface area contributed by atoms with Gasteiger partial charge in [-0.1, -0.05) is 18.5 Å². The number of hydrogen-bond acceptors (Lipinski definition) is 5. The lowest BCUT2D eigenvalue weighted by Gasteiger charge is -2.28. The standard InChI is InChI=1S/C14H17ClN2O5S/c1-2-6-16(11-5-7-23(21,22)9-11)14(18)12-8-10(17(19)20)3-4-13(12)15/h3-4,8,11H,2,5-7,9H2,1H3. The fourth-order valence-corrected chi connectivity index (χ4v) is 4.59. The average molecular weight is 361 g/mol. The van der Waals surface area contributed by atoms with Gasteiger partial charge in [-0.05, 0) is 18.9 Å². The minimum Gasteiger partial charge on any atom is -0.335 e. The van der Waals surface area contributed by atoms with Crippen LogP contribution in [-0.2, 0) is 9.84 Å². The van der Waals surface area contributed by atoms with Gasteiger partial charge in [-0.15, -0.1) is 0 Å². The van der Waals surface area contributed by atoms with Crippen molar-refractivity contribution in [2.24, 2.45) is 0 Å². The smallest absolute Gasteiger partial charge is 0.270 e. The summed E-state index contributed by atoms with van der Waals surface area (Å²) in [6.45, 7) is 2.25. The van der Waals surface area contributed by atoms with Gasteiger partial charge in [0.05, 0.1) is 27.0 Å². The van der Waals surface area contributed by atoms with E-state index in [1.807, 2.05) is 6.92 Å². The summed E-state index contributed by atoms with van der Waals surface area (Å²) in [6, 6.07) is 3.26. The molecular formula is C14H17ClN2O5S. The predicted molar refractivity (Wildman–Crippen MR) is 86.5 cm³/mol. The maximum Gasteiger partial charge on any atom is 0.270 e. The molecule has 0 aliphatic carbocycles. The topological polar surface area (TPSA) is 97.6 Å². The SMILES string of the molecule is CCCN(C(=O)c1cc([N+](=O)[O-])ccc1Cl)C1CCS(=O)(=O)C1. The van der Waals surface area contributed by atoms with Crippen molar-refractivity contribution in [3.63, 3.8) is 0 Å². The molecule has 1 aromatic rings. The van der Waals surface area contributed by atoms with E-state index in [1.165, 1.54) is 17.0 Å². The molecule has 2 rings (SSSR count). The number of nitro benzene ring substituents is 1. The lowest BCUT2D eigenvalue weighted by Crippen LogP contribution is -2.41. The normalized spacial score (nSPS) is 19.5. The van der Waals surface area contributed by atoms with Crippen molar-refractivity contribution in [3.8, 4) is 0 Å². The Bertz CT molecular complexity index is 735. The van der Waals surface area contributed by atoms with Gasteiger partial charge in [0.25, 0.3) is 11.6 Å². The van der Waals surface area contributed by atoms with Crippen LogP contribution in [-0.4, -0.2) is 48.2 Å². The molecule has 1 amide bonds. The van der Waals surface area contributed by atoms with Gasteiger partial charge in [-0.25, -0.2) is 8.42 Å². The summed E-state index contributed by atoms with van der Waals surface area (Å²) < 4.78 is 23.3. The zero-order chi connectivity index (χ0) is 17.2. The van der Waals surface area contributed by atoms with Crippen LogP contribution in [0.2, 0.25) is 5.02 Å². The van der Waals surface area contributed by atoms with E-state index in [2.05, 4.69) is 0 Å². The molecular weight excluding hydrogens is 344 g/mol. The molecule has 1 aromatic carbocycles. The molecule has 0 N–H and O–H groups in total. The highest BCUT2D eigenvalue weighted by Crippen LogP contribution is 2.26. The molecule has 7 nitrogen and oxygen atoms in total. The van der Waals surface area contributed by atoms with Gasteiger partial charge in [-0.2, -0.15) is 0 Å². The molecule has 1 fully saturated rings. The number of nitrogens with zero attached hydrogens (tertiary/aromatic N) is 2. The number of amides is 1. The Kier molecular flexibility index (Phi) is 5.26. The Hall–Kier alpha value is -1.67. The molecule has 126 valence electrons. The number of carbonyl (C=O) groups excluding carboxylic acids is 1. The molecule has 1 heterocycles. The van der Waals surface area contributed by atoms with Crippen LogP contribution in [0.25, 0.3) is 0 Å². The number of benzene rings is 1. The van der Waals surface area contributed by atoms with Gasteiger partial charge >= 0.3 is 0 Å². The van der Waals surface area contributed by atoms with Crippen LogP contribution in [0.15, 0.2) is 18.2 Å². The third kappa shape index (κ3) is 4.00. The first-order valence-electron chi connectivity index (χ1n) is 7.20. The number of nitro groups is 1. The molecule has 23 heavy (non-hydrogen) atoms. The first-order valence-corrected chi connectivity index (χ1v) is 9.40. The van der Waals surface area contributed by atoms with Gasteiger partial charge in [0.1, 0.15) is 0 Å². The second-order valence-electron chi connectivity index (χ2n) is 5.48. The van der Waals surface area contributed by atoms with Crippen molar-refractivity contribution in [1.82, 2.24) is 4.90 Å². The molecule has 0 radical (unpaired) electrons. The molecule has 1 atom stereocenters. The van der Waals surface area contributed by atoms with Crippen molar-refractivity contribution >= 4 is 33.0 Å². The second kappa shape index (κ2) is 6.84. The van der Waals surface area contributed by atoms with Crippen LogP contribution in [0.1, 0.15) is 30.1 Å². The monoisotopic (exact) mass is 360 g/mol. The van der Waals surface area contributed by atoms with Gasteiger partial charge in [0.15, 0.2) is 9.84 Å². The van der Waals surface area contributed by atoms with Crippen LogP contribution in [0.4, 0.5) is 5.69 Å². The zero-order valence-corrected chi connectivity index (χ0v) is 14.1. The Morgan fingerprint density at radius 2 is 2.17 bits per heavy atom. The third-order valence-corrected chi connectivity index (χ3v) is 5.85. The number of sulfone groups is 1. The van der Waals surface area contributed by atoms with Crippen LogP contribution in [0, 0.1) is 10.1 Å². The maximum atomic E-state index is 12.8. The highest BCUT2D eigenvalue weighted by molar-refractivity contribution is 7.91. The number of rotatable bonds is 5. The minimum atomic E-state index is -3.14. The Morgan fingerprint density at radius 1 is 1.48 bits per heavy atom. The fourth-order valence-electron chi connectivity index (χ4n) is 2.66. The minimum absolute atomic E-state index is 0.0265. The van der Waals surface area contributed by atoms with Gasteiger partial charge < -0.3 is 4.90 Å². The maximum absolute atomic E-state index is 12.8. The molecule has 0 saturated carbocycles. The van der Waals surface area contributed by atoms with Crippen LogP contribution in [0.5, 0.6) is 0 Å². The van der Waals surface area contributed by atoms with E-state index in [-0.39, 0.29) is 27.8 Å². The summed E-state index contributed by atoms with van der Waals surface area (Å²) in [6.07, 6.45) is 1.02. The van der Waals surface area contributed by atoms with E-state index < -0.39 is 26.7 Å². The van der Waals surface area contributed by atoms with Crippen molar-refractivity contribution in [1.29, 1.82) is 0 Å². The largest absolute Gasteiger partial charge is 0.335 e. The summed E-state index contributed by atoms with van der Waals surface area (Å²) >= 11 is 6.01. The van der Waals surface area contributed by atoms with E-state index in [0.717, 1.165) is 6.07 Å². The first-order chi connectivity index (χ1) is 10.7. The van der Waals surface area contributed by atoms with Crippen molar-refractivity contribution in [2.45, 2.75) is 25.8 Å². The third-order valence-electron chi connectivity index (χ3n) is 3.77. The van der Waals surface area contributed by atoms with Gasteiger partial charge in [0, 0.05) is 24.7 Å².